The first-order chi connectivity index (χ1) is 10.5. The Morgan fingerprint density at radius 2 is 1.36 bits per heavy atom. The topological polar surface area (TPSA) is 74.6 Å². The minimum absolute atomic E-state index is 0.138. The van der Waals surface area contributed by atoms with E-state index in [0.29, 0.717) is 5.56 Å². The van der Waals surface area contributed by atoms with Gasteiger partial charge < -0.3 is 10.2 Å². The van der Waals surface area contributed by atoms with Gasteiger partial charge in [0.2, 0.25) is 11.6 Å². The van der Waals surface area contributed by atoms with E-state index in [0.717, 1.165) is 0 Å². The van der Waals surface area contributed by atoms with E-state index in [9.17, 15) is 19.8 Å². The van der Waals surface area contributed by atoms with Crippen LogP contribution in [0.3, 0.4) is 0 Å². The van der Waals surface area contributed by atoms with Gasteiger partial charge in [0.05, 0.1) is 5.92 Å². The molecule has 0 aliphatic carbocycles. The van der Waals surface area contributed by atoms with Gasteiger partial charge in [0.25, 0.3) is 0 Å². The molecule has 0 aliphatic rings. The summed E-state index contributed by atoms with van der Waals surface area (Å²) in [4.78, 5) is 24.8. The molecule has 0 aliphatic heterocycles. The van der Waals surface area contributed by atoms with Crippen LogP contribution in [0.5, 0.6) is 0 Å². The van der Waals surface area contributed by atoms with E-state index in [2.05, 4.69) is 0 Å². The predicted molar refractivity (Wildman–Crippen MR) is 82.5 cm³/mol. The molecule has 22 heavy (non-hydrogen) atoms. The van der Waals surface area contributed by atoms with Gasteiger partial charge in [-0.25, -0.2) is 0 Å². The SMILES string of the molecule is CCC(C(=O)c1ccccc1)C(O)(O)C(=O)c1ccccc1. The molecule has 0 bridgehead atoms. The molecule has 0 heterocycles. The highest BCUT2D eigenvalue weighted by Crippen LogP contribution is 2.26. The first-order valence-electron chi connectivity index (χ1n) is 7.12. The average molecular weight is 298 g/mol. The summed E-state index contributed by atoms with van der Waals surface area (Å²) < 4.78 is 0. The van der Waals surface area contributed by atoms with Crippen LogP contribution in [0.1, 0.15) is 34.1 Å². The zero-order valence-electron chi connectivity index (χ0n) is 12.3. The molecule has 4 heteroatoms. The van der Waals surface area contributed by atoms with E-state index in [1.165, 1.54) is 12.1 Å². The molecule has 0 spiro atoms. The largest absolute Gasteiger partial charge is 0.359 e. The molecule has 2 N–H and O–H groups in total. The lowest BCUT2D eigenvalue weighted by molar-refractivity contribution is -0.148. The number of rotatable bonds is 6. The van der Waals surface area contributed by atoms with Gasteiger partial charge in [0.15, 0.2) is 5.78 Å². The van der Waals surface area contributed by atoms with E-state index < -0.39 is 23.3 Å². The molecule has 0 radical (unpaired) electrons. The first kappa shape index (κ1) is 16.1. The Balaban J connectivity index is 2.33. The molecule has 0 fully saturated rings. The third kappa shape index (κ3) is 3.13. The summed E-state index contributed by atoms with van der Waals surface area (Å²) in [7, 11) is 0. The van der Waals surface area contributed by atoms with Crippen molar-refractivity contribution >= 4 is 11.6 Å². The monoisotopic (exact) mass is 298 g/mol. The standard InChI is InChI=1S/C18H18O4/c1-2-15(16(19)13-9-5-3-6-10-13)18(21,22)17(20)14-11-7-4-8-12-14/h3-12,15,21-22H,2H2,1H3. The molecular formula is C18H18O4. The Hall–Kier alpha value is -2.30. The maximum atomic E-state index is 12.5. The highest BCUT2D eigenvalue weighted by atomic mass is 16.5. The van der Waals surface area contributed by atoms with Crippen LogP contribution in [0.25, 0.3) is 0 Å². The summed E-state index contributed by atoms with van der Waals surface area (Å²) in [5.74, 6) is -5.28. The molecule has 0 saturated carbocycles. The lowest BCUT2D eigenvalue weighted by Gasteiger charge is -2.28. The van der Waals surface area contributed by atoms with E-state index in [-0.39, 0.29) is 12.0 Å². The zero-order chi connectivity index (χ0) is 16.2. The maximum Gasteiger partial charge on any atom is 0.239 e. The van der Waals surface area contributed by atoms with E-state index in [1.807, 2.05) is 0 Å². The van der Waals surface area contributed by atoms with Crippen molar-refractivity contribution < 1.29 is 19.8 Å². The van der Waals surface area contributed by atoms with E-state index in [4.69, 9.17) is 0 Å². The van der Waals surface area contributed by atoms with Crippen LogP contribution in [0, 0.1) is 5.92 Å². The number of hydrogen-bond donors (Lipinski definition) is 2. The summed E-state index contributed by atoms with van der Waals surface area (Å²) in [6.45, 7) is 1.64. The van der Waals surface area contributed by atoms with Crippen LogP contribution in [0.15, 0.2) is 60.7 Å². The molecular weight excluding hydrogens is 280 g/mol. The second-order valence-corrected chi connectivity index (χ2v) is 5.11. The van der Waals surface area contributed by atoms with Crippen molar-refractivity contribution in [3.8, 4) is 0 Å². The fourth-order valence-electron chi connectivity index (χ4n) is 2.42. The van der Waals surface area contributed by atoms with E-state index in [1.54, 1.807) is 55.5 Å². The molecule has 2 aromatic carbocycles. The molecule has 0 aromatic heterocycles. The zero-order valence-corrected chi connectivity index (χ0v) is 12.3. The van der Waals surface area contributed by atoms with Crippen molar-refractivity contribution in [2.45, 2.75) is 19.1 Å². The highest BCUT2D eigenvalue weighted by Gasteiger charge is 2.45. The van der Waals surface area contributed by atoms with Crippen molar-refractivity contribution in [3.05, 3.63) is 71.8 Å². The van der Waals surface area contributed by atoms with Gasteiger partial charge in [-0.05, 0) is 6.42 Å². The molecule has 2 aromatic rings. The van der Waals surface area contributed by atoms with Crippen molar-refractivity contribution in [2.24, 2.45) is 5.92 Å². The normalized spacial score (nSPS) is 12.7. The second-order valence-electron chi connectivity index (χ2n) is 5.11. The Bertz CT molecular complexity index is 647. The summed E-state index contributed by atoms with van der Waals surface area (Å²) >= 11 is 0. The summed E-state index contributed by atoms with van der Waals surface area (Å²) in [5.41, 5.74) is 0.509. The van der Waals surface area contributed by atoms with Gasteiger partial charge in [-0.15, -0.1) is 0 Å². The number of hydrogen-bond acceptors (Lipinski definition) is 4. The fourth-order valence-corrected chi connectivity index (χ4v) is 2.42. The Morgan fingerprint density at radius 1 is 0.909 bits per heavy atom. The number of Topliss-reactive ketones (excluding diaryl/α,β-unsaturated/α-hetero) is 2. The minimum atomic E-state index is -2.73. The summed E-state index contributed by atoms with van der Waals surface area (Å²) in [6.07, 6.45) is 0.138. The first-order valence-corrected chi connectivity index (χ1v) is 7.12. The molecule has 4 nitrogen and oxygen atoms in total. The van der Waals surface area contributed by atoms with Gasteiger partial charge in [-0.1, -0.05) is 67.6 Å². The molecule has 1 atom stereocenters. The van der Waals surface area contributed by atoms with Gasteiger partial charge in [0.1, 0.15) is 0 Å². The Morgan fingerprint density at radius 3 is 1.82 bits per heavy atom. The van der Waals surface area contributed by atoms with Crippen molar-refractivity contribution in [1.29, 1.82) is 0 Å². The minimum Gasteiger partial charge on any atom is -0.359 e. The van der Waals surface area contributed by atoms with Crippen molar-refractivity contribution in [3.63, 3.8) is 0 Å². The maximum absolute atomic E-state index is 12.5. The van der Waals surface area contributed by atoms with Gasteiger partial charge in [-0.2, -0.15) is 0 Å². The third-order valence-corrected chi connectivity index (χ3v) is 3.64. The average Bonchev–Trinajstić information content (AvgIpc) is 2.56. The van der Waals surface area contributed by atoms with E-state index >= 15 is 0 Å². The van der Waals surface area contributed by atoms with Gasteiger partial charge in [0, 0.05) is 11.1 Å². The van der Waals surface area contributed by atoms with Crippen LogP contribution >= 0.6 is 0 Å². The lowest BCUT2D eigenvalue weighted by atomic mass is 9.83. The van der Waals surface area contributed by atoms with Crippen LogP contribution in [-0.4, -0.2) is 27.6 Å². The number of aliphatic hydroxyl groups is 2. The van der Waals surface area contributed by atoms with Gasteiger partial charge in [-0.3, -0.25) is 9.59 Å². The predicted octanol–water partition coefficient (Wildman–Crippen LogP) is 2.46. The summed E-state index contributed by atoms with van der Waals surface area (Å²) in [5, 5.41) is 20.6. The van der Waals surface area contributed by atoms with Gasteiger partial charge >= 0.3 is 0 Å². The number of carbonyl (C=O) groups excluding carboxylic acids is 2. The Kier molecular flexibility index (Phi) is 4.85. The molecule has 1 unspecified atom stereocenters. The summed E-state index contributed by atoms with van der Waals surface area (Å²) in [6, 6.07) is 16.3. The highest BCUT2D eigenvalue weighted by molar-refractivity contribution is 6.07. The van der Waals surface area contributed by atoms with Crippen LogP contribution in [0.4, 0.5) is 0 Å². The number of carbonyl (C=O) groups is 2. The molecule has 2 rings (SSSR count). The molecule has 0 saturated heterocycles. The lowest BCUT2D eigenvalue weighted by Crippen LogP contribution is -2.49. The van der Waals surface area contributed by atoms with Crippen LogP contribution in [0.2, 0.25) is 0 Å². The number of benzene rings is 2. The quantitative estimate of drug-likeness (QED) is 0.634. The fraction of sp³-hybridized carbons (Fsp3) is 0.222. The third-order valence-electron chi connectivity index (χ3n) is 3.64. The Labute approximate surface area is 129 Å². The van der Waals surface area contributed by atoms with Crippen molar-refractivity contribution in [2.75, 3.05) is 0 Å². The smallest absolute Gasteiger partial charge is 0.239 e. The van der Waals surface area contributed by atoms with Crippen LogP contribution < -0.4 is 0 Å². The second kappa shape index (κ2) is 6.64. The molecule has 0 amide bonds. The number of ketones is 2. The molecule has 114 valence electrons. The van der Waals surface area contributed by atoms with Crippen LogP contribution in [-0.2, 0) is 0 Å². The van der Waals surface area contributed by atoms with Crippen molar-refractivity contribution in [1.82, 2.24) is 0 Å².